The van der Waals surface area contributed by atoms with E-state index in [1.54, 1.807) is 0 Å². The van der Waals surface area contributed by atoms with E-state index in [9.17, 15) is 40.2 Å². The summed E-state index contributed by atoms with van der Waals surface area (Å²) in [6, 6.07) is -1.27. The van der Waals surface area contributed by atoms with E-state index < -0.39 is 80.5 Å². The summed E-state index contributed by atoms with van der Waals surface area (Å²) in [6.07, 6.45) is -7.35. The molecule has 1 amide bonds. The molecule has 0 aromatic heterocycles. The van der Waals surface area contributed by atoms with Crippen molar-refractivity contribution in [1.82, 2.24) is 5.32 Å². The molecule has 0 unspecified atom stereocenters. The fourth-order valence-corrected chi connectivity index (χ4v) is 4.46. The molecule has 14 nitrogen and oxygen atoms in total. The minimum atomic E-state index is -1.60. The molecule has 0 aliphatic carbocycles. The van der Waals surface area contributed by atoms with E-state index in [2.05, 4.69) is 10.1 Å². The molecular weight excluding hydrogens is 510 g/mol. The molecular formula is C24H43NO13. The van der Waals surface area contributed by atoms with Gasteiger partial charge < -0.3 is 59.6 Å². The number of ether oxygens (including phenoxy) is 5. The lowest BCUT2D eigenvalue weighted by molar-refractivity contribution is -0.355. The van der Waals surface area contributed by atoms with Crippen molar-refractivity contribution < 1.29 is 63.9 Å². The van der Waals surface area contributed by atoms with Crippen LogP contribution in [0.2, 0.25) is 0 Å². The van der Waals surface area contributed by atoms with Crippen LogP contribution >= 0.6 is 0 Å². The predicted octanol–water partition coefficient (Wildman–Crippen LogP) is -2.33. The quantitative estimate of drug-likeness (QED) is 0.0838. The Balaban J connectivity index is 1.97. The van der Waals surface area contributed by atoms with E-state index in [0.29, 0.717) is 12.8 Å². The van der Waals surface area contributed by atoms with E-state index in [1.165, 1.54) is 14.0 Å². The van der Waals surface area contributed by atoms with E-state index in [4.69, 9.17) is 18.9 Å². The van der Waals surface area contributed by atoms with Gasteiger partial charge in [0.05, 0.1) is 20.3 Å². The van der Waals surface area contributed by atoms with Gasteiger partial charge >= 0.3 is 5.97 Å². The fourth-order valence-electron chi connectivity index (χ4n) is 4.46. The second-order valence-corrected chi connectivity index (χ2v) is 9.56. The van der Waals surface area contributed by atoms with Gasteiger partial charge in [0.15, 0.2) is 12.6 Å². The van der Waals surface area contributed by atoms with E-state index in [1.807, 2.05) is 0 Å². The van der Waals surface area contributed by atoms with E-state index in [0.717, 1.165) is 32.1 Å². The van der Waals surface area contributed by atoms with Crippen molar-refractivity contribution >= 4 is 11.9 Å². The molecule has 7 N–H and O–H groups in total. The summed E-state index contributed by atoms with van der Waals surface area (Å²) in [7, 11) is 1.36. The van der Waals surface area contributed by atoms with Crippen LogP contribution in [0, 0.1) is 0 Å². The second kappa shape index (κ2) is 16.6. The summed E-state index contributed by atoms with van der Waals surface area (Å²) in [5.74, 6) is -0.782. The van der Waals surface area contributed by atoms with Gasteiger partial charge in [-0.3, -0.25) is 9.59 Å². The first-order valence-electron chi connectivity index (χ1n) is 13.0. The van der Waals surface area contributed by atoms with Crippen LogP contribution in [0.5, 0.6) is 0 Å². The van der Waals surface area contributed by atoms with E-state index >= 15 is 0 Å². The van der Waals surface area contributed by atoms with Crippen LogP contribution < -0.4 is 5.32 Å². The zero-order valence-electron chi connectivity index (χ0n) is 21.9. The number of unbranched alkanes of at least 4 members (excludes halogenated alkanes) is 5. The Morgan fingerprint density at radius 1 is 0.789 bits per heavy atom. The molecule has 0 spiro atoms. The average Bonchev–Trinajstić information content (AvgIpc) is 2.90. The first kappa shape index (κ1) is 32.8. The third kappa shape index (κ3) is 9.33. The lowest BCUT2D eigenvalue weighted by Gasteiger charge is -2.47. The van der Waals surface area contributed by atoms with Crippen molar-refractivity contribution in [2.24, 2.45) is 0 Å². The molecule has 10 atom stereocenters. The molecule has 0 aromatic rings. The third-order valence-electron chi connectivity index (χ3n) is 6.65. The van der Waals surface area contributed by atoms with Crippen molar-refractivity contribution in [2.75, 3.05) is 26.9 Å². The standard InChI is InChI=1S/C24H43NO13/c1-13(28)25-17-20(32)18(30)14(11-26)36-23(17)38-22-21(33)19(31)15(12-27)37-24(22)35-10-8-6-4-3-5-7-9-16(29)34-2/h14-15,17-24,26-27,30-33H,3-12H2,1-2H3,(H,25,28)/t14-,15-,17+,18-,19-,20-,21+,22+,23-,24+/m1/s1. The molecule has 38 heavy (non-hydrogen) atoms. The highest BCUT2D eigenvalue weighted by Gasteiger charge is 2.51. The molecule has 2 saturated heterocycles. The maximum atomic E-state index is 11.7. The number of aliphatic hydroxyl groups excluding tert-OH is 6. The smallest absolute Gasteiger partial charge is 0.305 e. The highest BCUT2D eigenvalue weighted by Crippen LogP contribution is 2.30. The first-order valence-corrected chi connectivity index (χ1v) is 13.0. The molecule has 2 heterocycles. The Hall–Kier alpha value is -1.46. The Morgan fingerprint density at radius 2 is 1.34 bits per heavy atom. The number of aliphatic hydroxyl groups is 6. The molecule has 0 aromatic carbocycles. The Morgan fingerprint density at radius 3 is 1.92 bits per heavy atom. The lowest BCUT2D eigenvalue weighted by atomic mass is 9.95. The number of amides is 1. The minimum Gasteiger partial charge on any atom is -0.469 e. The topological polar surface area (TPSA) is 214 Å². The zero-order chi connectivity index (χ0) is 28.2. The van der Waals surface area contributed by atoms with Crippen LogP contribution in [0.1, 0.15) is 51.9 Å². The molecule has 2 aliphatic heterocycles. The molecule has 2 fully saturated rings. The predicted molar refractivity (Wildman–Crippen MR) is 128 cm³/mol. The molecule has 0 saturated carbocycles. The van der Waals surface area contributed by atoms with Crippen molar-refractivity contribution in [1.29, 1.82) is 0 Å². The maximum Gasteiger partial charge on any atom is 0.305 e. The number of hydrogen-bond acceptors (Lipinski definition) is 13. The van der Waals surface area contributed by atoms with Crippen molar-refractivity contribution in [2.45, 2.75) is 113 Å². The van der Waals surface area contributed by atoms with Crippen molar-refractivity contribution in [3.8, 4) is 0 Å². The van der Waals surface area contributed by atoms with Gasteiger partial charge in [-0.05, 0) is 12.8 Å². The Bertz CT molecular complexity index is 713. The molecule has 2 rings (SSSR count). The minimum absolute atomic E-state index is 0.203. The molecule has 222 valence electrons. The van der Waals surface area contributed by atoms with Gasteiger partial charge in [-0.1, -0.05) is 25.7 Å². The fraction of sp³-hybridized carbons (Fsp3) is 0.917. The normalized spacial score (nSPS) is 35.6. The van der Waals surface area contributed by atoms with Crippen LogP contribution in [0.3, 0.4) is 0 Å². The maximum absolute atomic E-state index is 11.7. The summed E-state index contributed by atoms with van der Waals surface area (Å²) in [5.41, 5.74) is 0. The Kier molecular flexibility index (Phi) is 14.3. The highest BCUT2D eigenvalue weighted by molar-refractivity contribution is 5.73. The average molecular weight is 554 g/mol. The largest absolute Gasteiger partial charge is 0.469 e. The van der Waals surface area contributed by atoms with Crippen LogP contribution in [0.4, 0.5) is 0 Å². The lowest BCUT2D eigenvalue weighted by Crippen LogP contribution is -2.67. The number of methoxy groups -OCH3 is 1. The number of nitrogens with one attached hydrogen (secondary N) is 1. The second-order valence-electron chi connectivity index (χ2n) is 9.56. The molecule has 14 heteroatoms. The van der Waals surface area contributed by atoms with Gasteiger partial charge in [0, 0.05) is 20.0 Å². The summed E-state index contributed by atoms with van der Waals surface area (Å²) >= 11 is 0. The molecule has 0 radical (unpaired) electrons. The molecule has 2 aliphatic rings. The van der Waals surface area contributed by atoms with Gasteiger partial charge in [0.2, 0.25) is 5.91 Å². The summed E-state index contributed by atoms with van der Waals surface area (Å²) < 4.78 is 27.4. The Labute approximate surface area is 221 Å². The van der Waals surface area contributed by atoms with Gasteiger partial charge in [0.25, 0.3) is 0 Å². The number of rotatable bonds is 15. The summed E-state index contributed by atoms with van der Waals surface area (Å²) in [6.45, 7) is 0.136. The van der Waals surface area contributed by atoms with Crippen molar-refractivity contribution in [3.63, 3.8) is 0 Å². The number of carbonyl (C=O) groups is 2. The summed E-state index contributed by atoms with van der Waals surface area (Å²) in [4.78, 5) is 22.8. The summed E-state index contributed by atoms with van der Waals surface area (Å²) in [5, 5.41) is 63.3. The zero-order valence-corrected chi connectivity index (χ0v) is 21.9. The number of hydrogen-bond donors (Lipinski definition) is 7. The van der Waals surface area contributed by atoms with E-state index in [-0.39, 0.29) is 12.6 Å². The van der Waals surface area contributed by atoms with Gasteiger partial charge in [-0.2, -0.15) is 0 Å². The van der Waals surface area contributed by atoms with Gasteiger partial charge in [0.1, 0.15) is 48.8 Å². The molecule has 0 bridgehead atoms. The van der Waals surface area contributed by atoms with Crippen LogP contribution in [-0.4, -0.2) is 131 Å². The first-order chi connectivity index (χ1) is 18.1. The third-order valence-corrected chi connectivity index (χ3v) is 6.65. The SMILES string of the molecule is COC(=O)CCCCCCCCO[C@H]1O[C@H](CO)[C@@H](O)[C@H](O)[C@@H]1O[C@H]1O[C@H](CO)[C@@H](O)[C@H](O)[C@@H]1NC(C)=O. The monoisotopic (exact) mass is 553 g/mol. The van der Waals surface area contributed by atoms with Gasteiger partial charge in [-0.15, -0.1) is 0 Å². The number of carbonyl (C=O) groups excluding carboxylic acids is 2. The van der Waals surface area contributed by atoms with Crippen LogP contribution in [0.25, 0.3) is 0 Å². The van der Waals surface area contributed by atoms with Crippen LogP contribution in [0.15, 0.2) is 0 Å². The van der Waals surface area contributed by atoms with Gasteiger partial charge in [-0.25, -0.2) is 0 Å². The number of esters is 1. The highest BCUT2D eigenvalue weighted by atomic mass is 16.7. The van der Waals surface area contributed by atoms with Crippen molar-refractivity contribution in [3.05, 3.63) is 0 Å². The van der Waals surface area contributed by atoms with Crippen LogP contribution in [-0.2, 0) is 33.3 Å².